The second-order valence-electron chi connectivity index (χ2n) is 31.3. The Morgan fingerprint density at radius 1 is 0.390 bits per heavy atom. The fourth-order valence-corrected chi connectivity index (χ4v) is 23.2. The number of ketones is 5. The van der Waals surface area contributed by atoms with E-state index in [9.17, 15) is 69.0 Å². The summed E-state index contributed by atoms with van der Waals surface area (Å²) in [6.07, 6.45) is 1.97. The third kappa shape index (κ3) is 22.1. The molecule has 10 heterocycles. The Labute approximate surface area is 699 Å². The highest BCUT2D eigenvalue weighted by molar-refractivity contribution is 7.86. The number of ether oxygens (including phenoxy) is 5. The molecule has 30 nitrogen and oxygen atoms in total. The first-order valence-electron chi connectivity index (χ1n) is 40.1. The highest BCUT2D eigenvalue weighted by atomic mass is 32.2. The molecule has 15 rings (SSSR count). The summed E-state index contributed by atoms with van der Waals surface area (Å²) in [4.78, 5) is 125. The van der Waals surface area contributed by atoms with E-state index in [1.54, 1.807) is 4.90 Å². The summed E-state index contributed by atoms with van der Waals surface area (Å²) in [6.45, 7) is 8.41. The fraction of sp³-hybridized carbons (Fsp3) is 0.518. The average Bonchev–Trinajstić information content (AvgIpc) is 1.65. The summed E-state index contributed by atoms with van der Waals surface area (Å²) < 4.78 is 83.4. The van der Waals surface area contributed by atoms with Gasteiger partial charge in [0.25, 0.3) is 0 Å². The number of quaternary nitrogens is 4. The van der Waals surface area contributed by atoms with Crippen molar-refractivity contribution in [3.05, 3.63) is 149 Å². The van der Waals surface area contributed by atoms with E-state index in [0.29, 0.717) is 66.3 Å². The summed E-state index contributed by atoms with van der Waals surface area (Å²) in [5.74, 6) is 7.71. The van der Waals surface area contributed by atoms with Crippen molar-refractivity contribution < 1.29 is 116 Å². The van der Waals surface area contributed by atoms with Gasteiger partial charge in [-0.05, 0) is 211 Å². The van der Waals surface area contributed by atoms with Gasteiger partial charge >= 0.3 is 30.5 Å². The molecule has 0 aromatic heterocycles. The fourth-order valence-electron chi connectivity index (χ4n) is 16.6. The Bertz CT molecular complexity index is 4580. The molecule has 0 spiro atoms. The lowest BCUT2D eigenvalue weighted by molar-refractivity contribution is -0.421. The minimum absolute atomic E-state index is 0.0155. The monoisotopic (exact) mass is 1730 g/mol. The van der Waals surface area contributed by atoms with Gasteiger partial charge in [0.2, 0.25) is 12.3 Å². The SMILES string of the molecule is CC(=O)C1CN(c2ccc(C3CCS(=O)C([NH3+])C3)cc2)C(=O)O1.CC(=O)C1CN(c2ccc(C3CCS(=O)CC3[NH3+])cc2)C(=O)O1.CC(=O)C1OC(=O)N(c2ccc(C3CCS(=O)CC3)cc2)C1CCN.CC(=O)C1OC(=O)N(c2ccc(C3CCS(=O)CC3)cc2)C1C[NH3+].CC(=O)C1OC(=O)N(c2ccc(C3CCS(=O)CC3)cc2)C1[NH3+]. The average molecular weight is 1730 g/mol. The Morgan fingerprint density at radius 3 is 1.07 bits per heavy atom. The quantitative estimate of drug-likeness (QED) is 0.0734. The number of nitrogens with zero attached hydrogens (tertiary/aromatic N) is 5. The second-order valence-corrected chi connectivity index (χ2v) is 39.9. The first kappa shape index (κ1) is 90.1. The van der Waals surface area contributed by atoms with E-state index in [1.165, 1.54) is 76.5 Å². The number of cyclic esters (lactones) is 5. The van der Waals surface area contributed by atoms with Crippen LogP contribution in [-0.2, 0) is 102 Å². The number of benzene rings is 5. The van der Waals surface area contributed by atoms with Crippen LogP contribution in [0.4, 0.5) is 52.4 Å². The molecule has 10 fully saturated rings. The van der Waals surface area contributed by atoms with Crippen LogP contribution in [0.3, 0.4) is 0 Å². The van der Waals surface area contributed by atoms with Gasteiger partial charge in [0.05, 0.1) is 47.9 Å². The molecule has 14 atom stereocenters. The van der Waals surface area contributed by atoms with Gasteiger partial charge < -0.3 is 52.4 Å². The van der Waals surface area contributed by atoms with Gasteiger partial charge in [-0.25, -0.2) is 28.9 Å². The Morgan fingerprint density at radius 2 is 0.720 bits per heavy atom. The maximum absolute atomic E-state index is 12.3. The first-order chi connectivity index (χ1) is 56.4. The maximum atomic E-state index is 12.3. The van der Waals surface area contributed by atoms with E-state index < -0.39 is 121 Å². The highest BCUT2D eigenvalue weighted by Gasteiger charge is 2.49. The molecule has 14 unspecified atom stereocenters. The van der Waals surface area contributed by atoms with Crippen LogP contribution in [0.2, 0.25) is 0 Å². The van der Waals surface area contributed by atoms with Crippen LogP contribution in [0.15, 0.2) is 121 Å². The van der Waals surface area contributed by atoms with Crippen LogP contribution in [0, 0.1) is 0 Å². The van der Waals surface area contributed by atoms with Crippen molar-refractivity contribution in [2.75, 3.05) is 102 Å². The number of anilines is 5. The zero-order valence-electron chi connectivity index (χ0n) is 67.3. The number of hydrogen-bond donors (Lipinski definition) is 5. The van der Waals surface area contributed by atoms with E-state index in [0.717, 1.165) is 126 Å². The topological polar surface area (TPSA) is 455 Å². The van der Waals surface area contributed by atoms with E-state index in [4.69, 9.17) is 29.4 Å². The third-order valence-corrected chi connectivity index (χ3v) is 30.6. The Balaban J connectivity index is 0.000000145. The third-order valence-electron chi connectivity index (χ3n) is 23.4. The number of hydrogen-bond acceptors (Lipinski definition) is 21. The Kier molecular flexibility index (Phi) is 31.4. The molecule has 0 bridgehead atoms. The van der Waals surface area contributed by atoms with Crippen LogP contribution >= 0.6 is 0 Å². The van der Waals surface area contributed by atoms with E-state index in [1.807, 2.05) is 121 Å². The summed E-state index contributed by atoms with van der Waals surface area (Å²) in [7, 11) is -3.57. The van der Waals surface area contributed by atoms with Crippen LogP contribution in [0.5, 0.6) is 0 Å². The number of nitrogens with two attached hydrogens (primary N) is 1. The molecule has 10 aliphatic rings. The first-order valence-corrected chi connectivity index (χ1v) is 47.5. The van der Waals surface area contributed by atoms with Crippen molar-refractivity contribution in [2.24, 2.45) is 5.73 Å². The molecular weight excluding hydrogens is 1620 g/mol. The van der Waals surface area contributed by atoms with Gasteiger partial charge in [-0.3, -0.25) is 64.6 Å². The number of amides is 5. The molecule has 0 aliphatic carbocycles. The van der Waals surface area contributed by atoms with Crippen LogP contribution in [0.1, 0.15) is 156 Å². The maximum Gasteiger partial charge on any atom is 0.420 e. The van der Waals surface area contributed by atoms with Gasteiger partial charge in [-0.15, -0.1) is 0 Å². The van der Waals surface area contributed by atoms with Crippen molar-refractivity contribution in [2.45, 2.75) is 189 Å². The van der Waals surface area contributed by atoms with Crippen molar-refractivity contribution in [3.63, 3.8) is 0 Å². The lowest BCUT2D eigenvalue weighted by Gasteiger charge is -2.26. The number of rotatable bonds is 18. The lowest BCUT2D eigenvalue weighted by atomic mass is 9.90. The molecule has 0 radical (unpaired) electrons. The molecule has 5 amide bonds. The van der Waals surface area contributed by atoms with E-state index >= 15 is 0 Å². The van der Waals surface area contributed by atoms with Crippen molar-refractivity contribution >= 4 is 142 Å². The smallest absolute Gasteiger partial charge is 0.420 e. The predicted octanol–water partition coefficient (Wildman–Crippen LogP) is 4.82. The van der Waals surface area contributed by atoms with Gasteiger partial charge in [-0.2, -0.15) is 0 Å². The van der Waals surface area contributed by atoms with Crippen LogP contribution < -0.4 is 53.2 Å². The second kappa shape index (κ2) is 41.1. The van der Waals surface area contributed by atoms with Gasteiger partial charge in [0.1, 0.15) is 12.1 Å². The summed E-state index contributed by atoms with van der Waals surface area (Å²) in [5.41, 5.74) is 31.0. The number of carbonyl (C=O) groups is 10. The molecule has 14 N–H and O–H groups in total. The van der Waals surface area contributed by atoms with E-state index in [2.05, 4.69) is 22.9 Å². The van der Waals surface area contributed by atoms with E-state index in [-0.39, 0.29) is 65.5 Å². The molecule has 0 saturated carbocycles. The van der Waals surface area contributed by atoms with Crippen LogP contribution in [0.25, 0.3) is 0 Å². The molecule has 10 saturated heterocycles. The zero-order valence-corrected chi connectivity index (χ0v) is 71.4. The minimum atomic E-state index is -0.812. The van der Waals surface area contributed by atoms with Gasteiger partial charge in [0.15, 0.2) is 58.7 Å². The zero-order chi connectivity index (χ0) is 84.9. The lowest BCUT2D eigenvalue weighted by Crippen LogP contribution is -2.72. The summed E-state index contributed by atoms with van der Waals surface area (Å²) in [5, 5.41) is -0.0155. The summed E-state index contributed by atoms with van der Waals surface area (Å²) in [6, 6.07) is 38.3. The predicted molar refractivity (Wildman–Crippen MR) is 448 cm³/mol. The normalized spacial score (nSPS) is 30.6. The van der Waals surface area contributed by atoms with Crippen molar-refractivity contribution in [1.29, 1.82) is 0 Å². The van der Waals surface area contributed by atoms with Gasteiger partial charge in [-0.1, -0.05) is 60.7 Å². The highest BCUT2D eigenvalue weighted by Crippen LogP contribution is 2.39. The molecular formula is C83H110N10O20S5+4. The molecule has 118 heavy (non-hydrogen) atoms. The molecule has 35 heteroatoms. The minimum Gasteiger partial charge on any atom is -0.436 e. The Hall–Kier alpha value is -8.65. The van der Waals surface area contributed by atoms with Crippen molar-refractivity contribution in [1.82, 2.24) is 0 Å². The molecule has 5 aromatic carbocycles. The largest absolute Gasteiger partial charge is 0.436 e. The molecule has 10 aliphatic heterocycles. The summed E-state index contributed by atoms with van der Waals surface area (Å²) >= 11 is 0. The van der Waals surface area contributed by atoms with Gasteiger partial charge in [0, 0.05) is 124 Å². The molecule has 5 aromatic rings. The number of Topliss-reactive ketones (excluding diaryl/α,β-unsaturated/α-hetero) is 5. The number of carbonyl (C=O) groups excluding carboxylic acids is 10. The van der Waals surface area contributed by atoms with Crippen molar-refractivity contribution in [3.8, 4) is 0 Å². The standard InChI is InChI=1S/C18H24N2O4S.C17H22N2O4S.3C16H20N2O4S/c1-12(21)17-16(6-9-19)20(18(22)24-17)15-4-2-13(3-5-15)14-7-10-25(23)11-8-14;1-11(20)16-15(10-18)19(17(21)23-16)14-4-2-12(3-5-14)13-6-8-24(22)9-7-13;1-10(19)14-15(17)18(16(20)22-14)13-4-2-11(3-5-13)12-6-8-23(21)9-7-12;1-10(19)14-9-18(16(20)22-14)13-4-2-11(3-5-13)12-6-7-23(21)15(17)8-12;1-10(19)15-8-18(16(20)22-15)12-4-2-11(3-5-12)13-6-7-23(21)9-14(13)17/h2-5,14,16-17H,6-11,19H2,1H3;2-5,13,15-16H,6-10,18H2,1H3;2*2-5,12,14-15H,6-9,17H2,1H3;2-5,13-15H,6-9,17H2,1H3/p+4. The van der Waals surface area contributed by atoms with Crippen LogP contribution in [-0.4, -0.2) is 219 Å². The molecule has 638 valence electrons.